The molecule has 0 spiro atoms. The van der Waals surface area contributed by atoms with Crippen LogP contribution in [-0.2, 0) is 15.4 Å². The van der Waals surface area contributed by atoms with Gasteiger partial charge < -0.3 is 0 Å². The fourth-order valence-electron chi connectivity index (χ4n) is 2.64. The molecule has 1 heterocycles. The molecule has 29 heavy (non-hydrogen) atoms. The quantitative estimate of drug-likeness (QED) is 0.588. The van der Waals surface area contributed by atoms with Crippen molar-refractivity contribution in [3.05, 3.63) is 64.4 Å². The Labute approximate surface area is 172 Å². The topological polar surface area (TPSA) is 115 Å². The first-order valence-electron chi connectivity index (χ1n) is 8.53. The Morgan fingerprint density at radius 3 is 2.45 bits per heavy atom. The number of hydrogen-bond donors (Lipinski definition) is 2. The number of carbonyl (C=O) groups is 1. The van der Waals surface area contributed by atoms with Crippen molar-refractivity contribution in [3.8, 4) is 0 Å². The van der Waals surface area contributed by atoms with Gasteiger partial charge in [-0.05, 0) is 37.6 Å². The predicted octanol–water partition coefficient (Wildman–Crippen LogP) is 1.16. The first-order chi connectivity index (χ1) is 13.5. The molecule has 0 aliphatic carbocycles. The predicted molar refractivity (Wildman–Crippen MR) is 112 cm³/mol. The average Bonchev–Trinajstić information content (AvgIpc) is 3.10. The zero-order chi connectivity index (χ0) is 21.4. The van der Waals surface area contributed by atoms with Gasteiger partial charge in [0.1, 0.15) is 18.7 Å². The Morgan fingerprint density at radius 1 is 1.17 bits per heavy atom. The van der Waals surface area contributed by atoms with E-state index in [1.807, 2.05) is 46.0 Å². The molecule has 0 unspecified atom stereocenters. The van der Waals surface area contributed by atoms with Crippen molar-refractivity contribution in [2.45, 2.75) is 24.2 Å². The summed E-state index contributed by atoms with van der Waals surface area (Å²) >= 11 is 1.16. The van der Waals surface area contributed by atoms with Crippen LogP contribution >= 0.6 is 11.3 Å². The lowest BCUT2D eigenvalue weighted by molar-refractivity contribution is 0.102. The summed E-state index contributed by atoms with van der Waals surface area (Å²) < 4.78 is 36.9. The zero-order valence-corrected chi connectivity index (χ0v) is 17.6. The normalized spacial score (nSPS) is 12.0. The van der Waals surface area contributed by atoms with Gasteiger partial charge in [0.25, 0.3) is 5.91 Å². The van der Waals surface area contributed by atoms with E-state index in [0.717, 1.165) is 40.6 Å². The minimum absolute atomic E-state index is 0.172. The molecule has 1 aromatic heterocycles. The van der Waals surface area contributed by atoms with Crippen molar-refractivity contribution in [2.24, 2.45) is 5.14 Å². The minimum Gasteiger partial charge on any atom is -0.296 e. The Balaban J connectivity index is 1.85. The number of anilines is 1. The molecule has 0 radical (unpaired) electrons. The highest BCUT2D eigenvalue weighted by Gasteiger charge is 2.28. The van der Waals surface area contributed by atoms with E-state index in [4.69, 9.17) is 5.14 Å². The van der Waals surface area contributed by atoms with E-state index in [-0.39, 0.29) is 10.0 Å². The zero-order valence-electron chi connectivity index (χ0n) is 15.9. The van der Waals surface area contributed by atoms with Crippen molar-refractivity contribution in [2.75, 3.05) is 5.32 Å². The Kier molecular flexibility index (Phi) is 5.57. The van der Waals surface area contributed by atoms with E-state index in [1.54, 1.807) is 0 Å². The maximum Gasteiger partial charge on any atom is 0.260 e. The smallest absolute Gasteiger partial charge is 0.260 e. The lowest BCUT2D eigenvalue weighted by Gasteiger charge is -2.22. The molecule has 11 heteroatoms. The third kappa shape index (κ3) is 4.52. The maximum absolute atomic E-state index is 14.0. The molecule has 0 saturated carbocycles. The second-order valence-corrected chi connectivity index (χ2v) is 9.58. The lowest BCUT2D eigenvalue weighted by Crippen LogP contribution is -2.19. The van der Waals surface area contributed by atoms with Crippen molar-refractivity contribution in [1.29, 1.82) is 0 Å². The van der Waals surface area contributed by atoms with E-state index >= 15 is 0 Å². The van der Waals surface area contributed by atoms with Gasteiger partial charge in [-0.15, -0.1) is 10.2 Å². The summed E-state index contributed by atoms with van der Waals surface area (Å²) in [4.78, 5) is 12.1. The summed E-state index contributed by atoms with van der Waals surface area (Å²) in [6.45, 7) is 3.97. The Hall–Kier alpha value is -2.63. The number of primary sulfonamides is 1. The molecule has 0 saturated heterocycles. The Morgan fingerprint density at radius 2 is 1.83 bits per heavy atom. The third-order valence-electron chi connectivity index (χ3n) is 4.46. The van der Waals surface area contributed by atoms with Gasteiger partial charge >= 0.3 is 0 Å². The molecule has 0 aliphatic heterocycles. The van der Waals surface area contributed by atoms with Crippen molar-refractivity contribution >= 4 is 45.7 Å². The highest BCUT2D eigenvalue weighted by Crippen LogP contribution is 2.34. The molecule has 2 aromatic carbocycles. The SMILES string of the molecule is Bc1ccc(C(C)(C)c2nnc(NC(=O)c3cc(S(N)(=O)=O)ccc3F)s2)cc1. The second kappa shape index (κ2) is 7.66. The second-order valence-electron chi connectivity index (χ2n) is 7.04. The summed E-state index contributed by atoms with van der Waals surface area (Å²) in [7, 11) is -2.07. The van der Waals surface area contributed by atoms with E-state index in [0.29, 0.717) is 5.01 Å². The van der Waals surface area contributed by atoms with Crippen LogP contribution in [-0.4, -0.2) is 32.4 Å². The number of hydrogen-bond acceptors (Lipinski definition) is 6. The highest BCUT2D eigenvalue weighted by molar-refractivity contribution is 7.89. The van der Waals surface area contributed by atoms with Crippen LogP contribution in [0, 0.1) is 5.82 Å². The number of nitrogens with zero attached hydrogens (tertiary/aromatic N) is 2. The molecule has 0 bridgehead atoms. The molecule has 3 aromatic rings. The van der Waals surface area contributed by atoms with Crippen molar-refractivity contribution in [1.82, 2.24) is 10.2 Å². The van der Waals surface area contributed by atoms with Gasteiger partial charge in [-0.2, -0.15) is 0 Å². The minimum atomic E-state index is -4.07. The monoisotopic (exact) mass is 432 g/mol. The fourth-order valence-corrected chi connectivity index (χ4v) is 4.04. The average molecular weight is 432 g/mol. The Bertz CT molecular complexity index is 1180. The summed E-state index contributed by atoms with van der Waals surface area (Å²) in [5, 5.41) is 16.5. The largest absolute Gasteiger partial charge is 0.296 e. The first-order valence-corrected chi connectivity index (χ1v) is 10.9. The van der Waals surface area contributed by atoms with E-state index < -0.39 is 32.7 Å². The number of rotatable bonds is 5. The van der Waals surface area contributed by atoms with Gasteiger partial charge in [0, 0.05) is 5.41 Å². The van der Waals surface area contributed by atoms with E-state index in [1.165, 1.54) is 0 Å². The van der Waals surface area contributed by atoms with Crippen LogP contribution in [0.15, 0.2) is 47.4 Å². The summed E-state index contributed by atoms with van der Waals surface area (Å²) in [5.74, 6) is -1.72. The van der Waals surface area contributed by atoms with Crippen molar-refractivity contribution < 1.29 is 17.6 Å². The molecule has 0 fully saturated rings. The molecular weight excluding hydrogens is 414 g/mol. The van der Waals surface area contributed by atoms with Gasteiger partial charge in [0.05, 0.1) is 10.5 Å². The number of benzene rings is 2. The molecule has 3 N–H and O–H groups in total. The van der Waals surface area contributed by atoms with Crippen molar-refractivity contribution in [3.63, 3.8) is 0 Å². The third-order valence-corrected chi connectivity index (χ3v) is 6.54. The first kappa shape index (κ1) is 21.1. The fraction of sp³-hybridized carbons (Fsp3) is 0.167. The van der Waals surface area contributed by atoms with Gasteiger partial charge in [-0.1, -0.05) is 41.1 Å². The van der Waals surface area contributed by atoms with Gasteiger partial charge in [0.2, 0.25) is 15.2 Å². The van der Waals surface area contributed by atoms with Crippen LogP contribution in [0.3, 0.4) is 0 Å². The summed E-state index contributed by atoms with van der Waals surface area (Å²) in [6.07, 6.45) is 0. The maximum atomic E-state index is 14.0. The number of aromatic nitrogens is 2. The number of nitrogens with one attached hydrogen (secondary N) is 1. The van der Waals surface area contributed by atoms with Gasteiger partial charge in [-0.25, -0.2) is 17.9 Å². The van der Waals surface area contributed by atoms with Crippen LogP contribution in [0.4, 0.5) is 9.52 Å². The van der Waals surface area contributed by atoms with Crippen LogP contribution in [0.25, 0.3) is 0 Å². The summed E-state index contributed by atoms with van der Waals surface area (Å²) in [5.41, 5.74) is 1.27. The number of carbonyl (C=O) groups excluding carboxylic acids is 1. The number of nitrogens with two attached hydrogens (primary N) is 1. The molecule has 7 nitrogen and oxygen atoms in total. The number of sulfonamides is 1. The van der Waals surface area contributed by atoms with Gasteiger partial charge in [0.15, 0.2) is 0 Å². The molecular formula is C18H18BFN4O3S2. The highest BCUT2D eigenvalue weighted by atomic mass is 32.2. The standard InChI is InChI=1S/C18H18BFN4O3S2/c1-18(2,10-3-5-11(19)6-4-10)16-23-24-17(28-16)22-15(25)13-9-12(29(21,26)27)7-8-14(13)20/h3-9H,19H2,1-2H3,(H2,21,26,27)(H,22,24,25). The van der Waals surface area contributed by atoms with Crippen LogP contribution in [0.2, 0.25) is 0 Å². The molecule has 3 rings (SSSR count). The number of halogens is 1. The number of amides is 1. The van der Waals surface area contributed by atoms with E-state index in [9.17, 15) is 17.6 Å². The van der Waals surface area contributed by atoms with Crippen LogP contribution in [0.5, 0.6) is 0 Å². The molecule has 150 valence electrons. The van der Waals surface area contributed by atoms with Crippen LogP contribution < -0.4 is 15.9 Å². The van der Waals surface area contributed by atoms with E-state index in [2.05, 4.69) is 15.5 Å². The van der Waals surface area contributed by atoms with Gasteiger partial charge in [-0.3, -0.25) is 10.1 Å². The summed E-state index contributed by atoms with van der Waals surface area (Å²) in [6, 6.07) is 10.8. The lowest BCUT2D eigenvalue weighted by atomic mass is 9.83. The molecule has 0 aliphatic rings. The molecule has 1 amide bonds. The molecule has 0 atom stereocenters. The van der Waals surface area contributed by atoms with Crippen LogP contribution in [0.1, 0.15) is 34.8 Å².